The zero-order chi connectivity index (χ0) is 14.7. The van der Waals surface area contributed by atoms with Gasteiger partial charge in [0.25, 0.3) is 0 Å². The summed E-state index contributed by atoms with van der Waals surface area (Å²) in [6.45, 7) is -0.0915. The highest BCUT2D eigenvalue weighted by Crippen LogP contribution is 2.24. The van der Waals surface area contributed by atoms with E-state index in [9.17, 15) is 18.3 Å². The van der Waals surface area contributed by atoms with Gasteiger partial charge in [-0.15, -0.1) is 0 Å². The Morgan fingerprint density at radius 3 is 2.45 bits per heavy atom. The normalized spacial score (nSPS) is 12.2. The van der Waals surface area contributed by atoms with E-state index in [-0.39, 0.29) is 12.2 Å². The minimum Gasteiger partial charge on any atom is -0.387 e. The third-order valence-electron chi connectivity index (χ3n) is 2.79. The lowest BCUT2D eigenvalue weighted by Gasteiger charge is -2.15. The maximum atomic E-state index is 13.4. The summed E-state index contributed by atoms with van der Waals surface area (Å²) in [5, 5.41) is 12.8. The summed E-state index contributed by atoms with van der Waals surface area (Å²) >= 11 is 5.91. The highest BCUT2D eigenvalue weighted by atomic mass is 35.5. The molecule has 2 nitrogen and oxygen atoms in total. The molecule has 0 fully saturated rings. The average molecular weight is 302 g/mol. The van der Waals surface area contributed by atoms with Crippen LogP contribution in [-0.2, 0) is 0 Å². The van der Waals surface area contributed by atoms with E-state index < -0.39 is 23.6 Å². The Hall–Kier alpha value is -1.72. The summed E-state index contributed by atoms with van der Waals surface area (Å²) < 4.78 is 39.2. The Morgan fingerprint density at radius 1 is 1.05 bits per heavy atom. The van der Waals surface area contributed by atoms with E-state index in [2.05, 4.69) is 5.32 Å². The third kappa shape index (κ3) is 3.05. The molecule has 2 aromatic carbocycles. The molecule has 6 heteroatoms. The molecule has 2 rings (SSSR count). The van der Waals surface area contributed by atoms with E-state index in [1.165, 1.54) is 0 Å². The van der Waals surface area contributed by atoms with Crippen molar-refractivity contribution in [3.05, 3.63) is 64.4 Å². The van der Waals surface area contributed by atoms with Gasteiger partial charge in [0.15, 0.2) is 17.5 Å². The van der Waals surface area contributed by atoms with Crippen molar-refractivity contribution in [2.75, 3.05) is 11.9 Å². The number of aliphatic hydroxyl groups excluding tert-OH is 1. The van der Waals surface area contributed by atoms with Crippen molar-refractivity contribution in [2.24, 2.45) is 0 Å². The minimum absolute atomic E-state index is 0.0915. The first-order valence-corrected chi connectivity index (χ1v) is 6.18. The average Bonchev–Trinajstić information content (AvgIpc) is 2.44. The van der Waals surface area contributed by atoms with Gasteiger partial charge in [0.1, 0.15) is 0 Å². The molecule has 0 aliphatic heterocycles. The van der Waals surface area contributed by atoms with Gasteiger partial charge < -0.3 is 10.4 Å². The summed E-state index contributed by atoms with van der Waals surface area (Å²) in [7, 11) is 0. The fourth-order valence-corrected chi connectivity index (χ4v) is 1.99. The second kappa shape index (κ2) is 6.15. The fraction of sp³-hybridized carbons (Fsp3) is 0.143. The number of rotatable bonds is 4. The molecule has 0 saturated heterocycles. The summed E-state index contributed by atoms with van der Waals surface area (Å²) in [5.41, 5.74) is 0.236. The van der Waals surface area contributed by atoms with E-state index in [1.54, 1.807) is 24.3 Å². The predicted molar refractivity (Wildman–Crippen MR) is 71.2 cm³/mol. The number of halogens is 4. The van der Waals surface area contributed by atoms with E-state index in [1.807, 2.05) is 0 Å². The van der Waals surface area contributed by atoms with Crippen LogP contribution in [0, 0.1) is 17.5 Å². The SMILES string of the molecule is OC(CNc1ccc(F)c(F)c1F)c1ccccc1Cl. The van der Waals surface area contributed by atoms with Crippen LogP contribution in [-0.4, -0.2) is 11.7 Å². The molecule has 0 spiro atoms. The van der Waals surface area contributed by atoms with Crippen molar-refractivity contribution in [2.45, 2.75) is 6.10 Å². The van der Waals surface area contributed by atoms with Crippen LogP contribution in [0.4, 0.5) is 18.9 Å². The molecule has 0 heterocycles. The number of hydrogen-bond donors (Lipinski definition) is 2. The second-order valence-electron chi connectivity index (χ2n) is 4.14. The predicted octanol–water partition coefficient (Wildman–Crippen LogP) is 3.90. The first kappa shape index (κ1) is 14.7. The largest absolute Gasteiger partial charge is 0.387 e. The van der Waals surface area contributed by atoms with Crippen molar-refractivity contribution in [3.63, 3.8) is 0 Å². The van der Waals surface area contributed by atoms with E-state index >= 15 is 0 Å². The maximum Gasteiger partial charge on any atom is 0.196 e. The van der Waals surface area contributed by atoms with Gasteiger partial charge in [-0.25, -0.2) is 13.2 Å². The van der Waals surface area contributed by atoms with Crippen LogP contribution in [0.2, 0.25) is 5.02 Å². The number of anilines is 1. The van der Waals surface area contributed by atoms with Gasteiger partial charge in [0.05, 0.1) is 11.8 Å². The molecule has 0 aliphatic carbocycles. The molecule has 1 atom stereocenters. The third-order valence-corrected chi connectivity index (χ3v) is 3.13. The van der Waals surface area contributed by atoms with Crippen molar-refractivity contribution in [1.29, 1.82) is 0 Å². The van der Waals surface area contributed by atoms with Crippen LogP contribution in [0.1, 0.15) is 11.7 Å². The fourth-order valence-electron chi connectivity index (χ4n) is 1.72. The molecule has 0 radical (unpaired) electrons. The Bertz CT molecular complexity index is 621. The Morgan fingerprint density at radius 2 is 1.75 bits per heavy atom. The van der Waals surface area contributed by atoms with Gasteiger partial charge in [0, 0.05) is 17.1 Å². The highest BCUT2D eigenvalue weighted by Gasteiger charge is 2.15. The smallest absolute Gasteiger partial charge is 0.196 e. The van der Waals surface area contributed by atoms with Gasteiger partial charge in [-0.05, 0) is 18.2 Å². The molecule has 0 aliphatic rings. The second-order valence-corrected chi connectivity index (χ2v) is 4.55. The van der Waals surface area contributed by atoms with Gasteiger partial charge in [-0.1, -0.05) is 29.8 Å². The molecule has 0 aromatic heterocycles. The van der Waals surface area contributed by atoms with E-state index in [0.717, 1.165) is 12.1 Å². The zero-order valence-corrected chi connectivity index (χ0v) is 11.0. The lowest BCUT2D eigenvalue weighted by atomic mass is 10.1. The molecule has 2 N–H and O–H groups in total. The summed E-state index contributed by atoms with van der Waals surface area (Å²) in [5.74, 6) is -4.14. The van der Waals surface area contributed by atoms with Gasteiger partial charge >= 0.3 is 0 Å². The number of nitrogens with one attached hydrogen (secondary N) is 1. The van der Waals surface area contributed by atoms with Gasteiger partial charge in [-0.3, -0.25) is 0 Å². The lowest BCUT2D eigenvalue weighted by molar-refractivity contribution is 0.191. The van der Waals surface area contributed by atoms with Crippen molar-refractivity contribution in [1.82, 2.24) is 0 Å². The molecular formula is C14H11ClF3NO. The van der Waals surface area contributed by atoms with Crippen LogP contribution in [0.15, 0.2) is 36.4 Å². The molecule has 2 aromatic rings. The quantitative estimate of drug-likeness (QED) is 0.839. The first-order chi connectivity index (χ1) is 9.50. The number of aliphatic hydroxyl groups is 1. The molecule has 1 unspecified atom stereocenters. The molecule has 106 valence electrons. The lowest BCUT2D eigenvalue weighted by Crippen LogP contribution is -2.14. The molecule has 0 bridgehead atoms. The molecule has 0 saturated carbocycles. The van der Waals surface area contributed by atoms with Crippen LogP contribution < -0.4 is 5.32 Å². The summed E-state index contributed by atoms with van der Waals surface area (Å²) in [6.07, 6.45) is -1.00. The van der Waals surface area contributed by atoms with Crippen LogP contribution in [0.3, 0.4) is 0 Å². The first-order valence-electron chi connectivity index (χ1n) is 5.80. The van der Waals surface area contributed by atoms with Crippen LogP contribution in [0.25, 0.3) is 0 Å². The Balaban J connectivity index is 2.10. The Labute approximate surface area is 118 Å². The van der Waals surface area contributed by atoms with Crippen molar-refractivity contribution >= 4 is 17.3 Å². The van der Waals surface area contributed by atoms with E-state index in [0.29, 0.717) is 10.6 Å². The monoisotopic (exact) mass is 301 g/mol. The topological polar surface area (TPSA) is 32.3 Å². The van der Waals surface area contributed by atoms with Crippen molar-refractivity contribution in [3.8, 4) is 0 Å². The minimum atomic E-state index is -1.55. The summed E-state index contributed by atoms with van der Waals surface area (Å²) in [6, 6.07) is 8.51. The van der Waals surface area contributed by atoms with Crippen LogP contribution in [0.5, 0.6) is 0 Å². The molecule has 20 heavy (non-hydrogen) atoms. The standard InChI is InChI=1S/C14H11ClF3NO/c15-9-4-2-1-3-8(9)12(20)7-19-11-6-5-10(16)13(17)14(11)18/h1-6,12,19-20H,7H2. The van der Waals surface area contributed by atoms with E-state index in [4.69, 9.17) is 11.6 Å². The molecule has 0 amide bonds. The Kier molecular flexibility index (Phi) is 4.52. The number of benzene rings is 2. The highest BCUT2D eigenvalue weighted by molar-refractivity contribution is 6.31. The maximum absolute atomic E-state index is 13.4. The van der Waals surface area contributed by atoms with Gasteiger partial charge in [0.2, 0.25) is 0 Å². The number of hydrogen-bond acceptors (Lipinski definition) is 2. The van der Waals surface area contributed by atoms with Crippen molar-refractivity contribution < 1.29 is 18.3 Å². The summed E-state index contributed by atoms with van der Waals surface area (Å²) in [4.78, 5) is 0. The zero-order valence-electron chi connectivity index (χ0n) is 10.2. The van der Waals surface area contributed by atoms with Gasteiger partial charge in [-0.2, -0.15) is 0 Å². The molecular weight excluding hydrogens is 291 g/mol. The van der Waals surface area contributed by atoms with Crippen LogP contribution >= 0.6 is 11.6 Å².